The number of Topliss-reactive ketones (excluding diaryl/α,β-unsaturated/α-hetero) is 1. The molecule has 1 saturated carbocycles. The lowest BCUT2D eigenvalue weighted by Crippen LogP contribution is -2.40. The normalized spacial score (nSPS) is 21.7. The van der Waals surface area contributed by atoms with Gasteiger partial charge in [-0.2, -0.15) is 4.31 Å². The van der Waals surface area contributed by atoms with Gasteiger partial charge in [0.05, 0.1) is 25.9 Å². The zero-order chi connectivity index (χ0) is 19.4. The van der Waals surface area contributed by atoms with Gasteiger partial charge < -0.3 is 14.2 Å². The number of ketones is 1. The number of hydrogen-bond acceptors (Lipinski definition) is 7. The van der Waals surface area contributed by atoms with Gasteiger partial charge in [-0.3, -0.25) is 4.79 Å². The molecule has 0 aromatic heterocycles. The molecule has 0 bridgehead atoms. The summed E-state index contributed by atoms with van der Waals surface area (Å²) in [6.45, 7) is 1.09. The van der Waals surface area contributed by atoms with E-state index in [2.05, 4.69) is 0 Å². The van der Waals surface area contributed by atoms with E-state index >= 15 is 0 Å². The number of carbonyl (C=O) groups excluding carboxylic acids is 2. The maximum absolute atomic E-state index is 13.0. The molecule has 2 aliphatic rings. The lowest BCUT2D eigenvalue weighted by Gasteiger charge is -2.27. The topological polar surface area (TPSA) is 99.2 Å². The van der Waals surface area contributed by atoms with Crippen LogP contribution in [0.5, 0.6) is 5.75 Å². The van der Waals surface area contributed by atoms with E-state index in [4.69, 9.17) is 14.2 Å². The van der Waals surface area contributed by atoms with E-state index in [1.54, 1.807) is 0 Å². The zero-order valence-electron chi connectivity index (χ0n) is 15.2. The minimum atomic E-state index is -3.85. The molecule has 1 heterocycles. The number of methoxy groups -OCH3 is 1. The molecule has 1 aliphatic heterocycles. The summed E-state index contributed by atoms with van der Waals surface area (Å²) < 4.78 is 42.9. The van der Waals surface area contributed by atoms with Crippen molar-refractivity contribution in [2.45, 2.75) is 36.7 Å². The fourth-order valence-electron chi connectivity index (χ4n) is 3.20. The number of hydrogen-bond donors (Lipinski definition) is 0. The molecule has 148 valence electrons. The highest BCUT2D eigenvalue weighted by atomic mass is 32.2. The van der Waals surface area contributed by atoms with Crippen LogP contribution in [0, 0.1) is 0 Å². The average Bonchev–Trinajstić information content (AvgIpc) is 2.69. The molecule has 0 radical (unpaired) electrons. The zero-order valence-corrected chi connectivity index (χ0v) is 16.0. The first-order valence-electron chi connectivity index (χ1n) is 8.93. The molecule has 0 N–H and O–H groups in total. The van der Waals surface area contributed by atoms with Gasteiger partial charge in [-0.15, -0.1) is 0 Å². The van der Waals surface area contributed by atoms with Gasteiger partial charge in [-0.1, -0.05) is 0 Å². The van der Waals surface area contributed by atoms with Gasteiger partial charge in [0.2, 0.25) is 10.0 Å². The second kappa shape index (κ2) is 8.37. The fourth-order valence-corrected chi connectivity index (χ4v) is 4.79. The summed E-state index contributed by atoms with van der Waals surface area (Å²) in [5.41, 5.74) is 0.0704. The molecule has 1 atom stereocenters. The Labute approximate surface area is 158 Å². The van der Waals surface area contributed by atoms with Gasteiger partial charge in [0.1, 0.15) is 10.6 Å². The smallest absolute Gasteiger partial charge is 0.338 e. The van der Waals surface area contributed by atoms with Crippen molar-refractivity contribution >= 4 is 21.8 Å². The van der Waals surface area contributed by atoms with Crippen molar-refractivity contribution < 1.29 is 32.2 Å². The summed E-state index contributed by atoms with van der Waals surface area (Å²) in [4.78, 5) is 24.3. The molecule has 1 unspecified atom stereocenters. The molecule has 8 nitrogen and oxygen atoms in total. The minimum Gasteiger partial charge on any atom is -0.495 e. The first-order chi connectivity index (χ1) is 12.9. The molecule has 1 aliphatic carbocycles. The largest absolute Gasteiger partial charge is 0.495 e. The number of esters is 1. The Kier molecular flexibility index (Phi) is 6.13. The van der Waals surface area contributed by atoms with Crippen LogP contribution in [0.1, 0.15) is 36.0 Å². The van der Waals surface area contributed by atoms with E-state index in [0.717, 1.165) is 12.8 Å². The number of benzene rings is 1. The molecule has 2 fully saturated rings. The molecule has 0 spiro atoms. The van der Waals surface area contributed by atoms with E-state index in [1.165, 1.54) is 29.6 Å². The first-order valence-corrected chi connectivity index (χ1v) is 10.4. The van der Waals surface area contributed by atoms with Crippen LogP contribution in [-0.4, -0.2) is 64.0 Å². The predicted molar refractivity (Wildman–Crippen MR) is 95.3 cm³/mol. The van der Waals surface area contributed by atoms with E-state index in [-0.39, 0.29) is 35.1 Å². The van der Waals surface area contributed by atoms with Crippen LogP contribution in [0.15, 0.2) is 23.1 Å². The third-order valence-electron chi connectivity index (χ3n) is 4.74. The summed E-state index contributed by atoms with van der Waals surface area (Å²) >= 11 is 0. The van der Waals surface area contributed by atoms with Crippen LogP contribution >= 0.6 is 0 Å². The van der Waals surface area contributed by atoms with Crippen molar-refractivity contribution in [1.82, 2.24) is 4.31 Å². The van der Waals surface area contributed by atoms with Crippen LogP contribution in [0.25, 0.3) is 0 Å². The van der Waals surface area contributed by atoms with Gasteiger partial charge in [0, 0.05) is 19.5 Å². The quantitative estimate of drug-likeness (QED) is 0.692. The Morgan fingerprint density at radius 1 is 1.22 bits per heavy atom. The van der Waals surface area contributed by atoms with Gasteiger partial charge in [-0.05, 0) is 37.5 Å². The highest BCUT2D eigenvalue weighted by molar-refractivity contribution is 7.89. The van der Waals surface area contributed by atoms with E-state index in [9.17, 15) is 18.0 Å². The SMILES string of the molecule is COc1ccc(C(=O)OC2CCCCC2=O)cc1S(=O)(=O)N1CCOCC1. The summed E-state index contributed by atoms with van der Waals surface area (Å²) in [5.74, 6) is -0.660. The molecular formula is C18H23NO7S. The third kappa shape index (κ3) is 4.31. The Morgan fingerprint density at radius 2 is 1.96 bits per heavy atom. The number of carbonyl (C=O) groups is 2. The van der Waals surface area contributed by atoms with Crippen LogP contribution < -0.4 is 4.74 Å². The van der Waals surface area contributed by atoms with Crippen LogP contribution in [-0.2, 0) is 24.3 Å². The number of ether oxygens (including phenoxy) is 3. The molecule has 1 aromatic carbocycles. The Morgan fingerprint density at radius 3 is 2.63 bits per heavy atom. The molecule has 9 heteroatoms. The van der Waals surface area contributed by atoms with Crippen molar-refractivity contribution in [3.8, 4) is 5.75 Å². The third-order valence-corrected chi connectivity index (χ3v) is 6.65. The molecule has 3 rings (SSSR count). The van der Waals surface area contributed by atoms with Crippen molar-refractivity contribution in [1.29, 1.82) is 0 Å². The number of sulfonamides is 1. The molecule has 0 amide bonds. The highest BCUT2D eigenvalue weighted by Gasteiger charge is 2.31. The maximum atomic E-state index is 13.0. The minimum absolute atomic E-state index is 0.0704. The van der Waals surface area contributed by atoms with Crippen LogP contribution in [0.3, 0.4) is 0 Å². The van der Waals surface area contributed by atoms with Gasteiger partial charge in [-0.25, -0.2) is 13.2 Å². The lowest BCUT2D eigenvalue weighted by atomic mass is 9.96. The first kappa shape index (κ1) is 19.8. The monoisotopic (exact) mass is 397 g/mol. The second-order valence-corrected chi connectivity index (χ2v) is 8.39. The number of nitrogens with zero attached hydrogens (tertiary/aromatic N) is 1. The van der Waals surface area contributed by atoms with Crippen molar-refractivity contribution in [2.75, 3.05) is 33.4 Å². The summed E-state index contributed by atoms with van der Waals surface area (Å²) in [6, 6.07) is 4.11. The van der Waals surface area contributed by atoms with Gasteiger partial charge >= 0.3 is 5.97 Å². The molecule has 1 aromatic rings. The van der Waals surface area contributed by atoms with E-state index < -0.39 is 22.1 Å². The van der Waals surface area contributed by atoms with Crippen molar-refractivity contribution in [3.63, 3.8) is 0 Å². The number of morpholine rings is 1. The van der Waals surface area contributed by atoms with Crippen molar-refractivity contribution in [2.24, 2.45) is 0 Å². The summed E-state index contributed by atoms with van der Waals surface area (Å²) in [6.07, 6.45) is 1.77. The Hall–Kier alpha value is -1.97. The molecule has 27 heavy (non-hydrogen) atoms. The van der Waals surface area contributed by atoms with E-state index in [0.29, 0.717) is 26.1 Å². The van der Waals surface area contributed by atoms with E-state index in [1.807, 2.05) is 0 Å². The standard InChI is InChI=1S/C18H23NO7S/c1-24-16-7-6-13(18(21)26-15-5-3-2-4-14(15)20)12-17(16)27(22,23)19-8-10-25-11-9-19/h6-7,12,15H,2-5,8-11H2,1H3. The summed E-state index contributed by atoms with van der Waals surface area (Å²) in [5, 5.41) is 0. The lowest BCUT2D eigenvalue weighted by molar-refractivity contribution is -0.129. The average molecular weight is 397 g/mol. The second-order valence-electron chi connectivity index (χ2n) is 6.49. The molecular weight excluding hydrogens is 374 g/mol. The summed E-state index contributed by atoms with van der Waals surface area (Å²) in [7, 11) is -2.48. The fraction of sp³-hybridized carbons (Fsp3) is 0.556. The van der Waals surface area contributed by atoms with Crippen LogP contribution in [0.2, 0.25) is 0 Å². The predicted octanol–water partition coefficient (Wildman–Crippen LogP) is 1.38. The van der Waals surface area contributed by atoms with Crippen LogP contribution in [0.4, 0.5) is 0 Å². The Bertz CT molecular complexity index is 815. The maximum Gasteiger partial charge on any atom is 0.338 e. The molecule has 1 saturated heterocycles. The van der Waals surface area contributed by atoms with Crippen molar-refractivity contribution in [3.05, 3.63) is 23.8 Å². The van der Waals surface area contributed by atoms with Gasteiger partial charge in [0.25, 0.3) is 0 Å². The van der Waals surface area contributed by atoms with Gasteiger partial charge in [0.15, 0.2) is 11.9 Å². The Balaban J connectivity index is 1.86. The highest BCUT2D eigenvalue weighted by Crippen LogP contribution is 2.29. The number of rotatable bonds is 5.